The van der Waals surface area contributed by atoms with Crippen LogP contribution in [0.3, 0.4) is 0 Å². The number of carbonyl (C=O) groups excluding carboxylic acids is 1. The third-order valence-corrected chi connectivity index (χ3v) is 8.47. The van der Waals surface area contributed by atoms with E-state index in [2.05, 4.69) is 20.4 Å². The van der Waals surface area contributed by atoms with Crippen LogP contribution in [0.15, 0.2) is 42.5 Å². The molecule has 39 heavy (non-hydrogen) atoms. The quantitative estimate of drug-likeness (QED) is 0.353. The number of H-pyrrole nitrogens is 1. The lowest BCUT2D eigenvalue weighted by molar-refractivity contribution is -0.116. The molecule has 8 heteroatoms. The molecule has 2 N–H and O–H groups in total. The van der Waals surface area contributed by atoms with Crippen LogP contribution in [0.5, 0.6) is 11.5 Å². The van der Waals surface area contributed by atoms with Crippen LogP contribution < -0.4 is 14.8 Å². The van der Waals surface area contributed by atoms with Gasteiger partial charge in [0.2, 0.25) is 5.91 Å². The first-order valence-corrected chi connectivity index (χ1v) is 14.1. The Hall–Kier alpha value is -3.39. The van der Waals surface area contributed by atoms with Crippen molar-refractivity contribution >= 4 is 22.9 Å². The molecule has 3 aromatic rings. The summed E-state index contributed by atoms with van der Waals surface area (Å²) in [5.74, 6) is 2.42. The van der Waals surface area contributed by atoms with Gasteiger partial charge in [0.1, 0.15) is 5.82 Å². The molecule has 0 unspecified atom stereocenters. The second-order valence-electron chi connectivity index (χ2n) is 10.8. The van der Waals surface area contributed by atoms with Crippen molar-refractivity contribution in [2.24, 2.45) is 11.8 Å². The van der Waals surface area contributed by atoms with Gasteiger partial charge in [-0.15, -0.1) is 0 Å². The Kier molecular flexibility index (Phi) is 8.81. The first kappa shape index (κ1) is 27.2. The van der Waals surface area contributed by atoms with Gasteiger partial charge in [0.05, 0.1) is 25.4 Å². The summed E-state index contributed by atoms with van der Waals surface area (Å²) in [7, 11) is 3.20. The number of amides is 1. The first-order chi connectivity index (χ1) is 19.1. The van der Waals surface area contributed by atoms with E-state index in [0.29, 0.717) is 35.8 Å². The Morgan fingerprint density at radius 1 is 1.10 bits per heavy atom. The van der Waals surface area contributed by atoms with Crippen molar-refractivity contribution in [2.75, 3.05) is 40.4 Å². The number of nitrogens with zero attached hydrogens (tertiary/aromatic N) is 2. The van der Waals surface area contributed by atoms with E-state index >= 15 is 0 Å². The van der Waals surface area contributed by atoms with Gasteiger partial charge >= 0.3 is 0 Å². The Labute approximate surface area is 229 Å². The highest BCUT2D eigenvalue weighted by Crippen LogP contribution is 2.35. The van der Waals surface area contributed by atoms with Gasteiger partial charge in [-0.3, -0.25) is 9.89 Å². The van der Waals surface area contributed by atoms with Gasteiger partial charge in [-0.1, -0.05) is 25.0 Å². The maximum absolute atomic E-state index is 13.6. The van der Waals surface area contributed by atoms with Gasteiger partial charge in [0, 0.05) is 36.0 Å². The molecule has 2 aromatic carbocycles. The molecule has 208 valence electrons. The third kappa shape index (κ3) is 6.44. The predicted octanol–water partition coefficient (Wildman–Crippen LogP) is 5.53. The second kappa shape index (κ2) is 12.6. The molecule has 7 nitrogen and oxygen atoms in total. The Morgan fingerprint density at radius 3 is 2.67 bits per heavy atom. The molecule has 1 amide bonds. The van der Waals surface area contributed by atoms with Crippen LogP contribution in [0.2, 0.25) is 0 Å². The molecule has 0 bridgehead atoms. The van der Waals surface area contributed by atoms with Crippen LogP contribution in [0.4, 0.5) is 4.39 Å². The highest BCUT2D eigenvalue weighted by atomic mass is 19.1. The maximum Gasteiger partial charge on any atom is 0.244 e. The van der Waals surface area contributed by atoms with Gasteiger partial charge in [0.25, 0.3) is 0 Å². The van der Waals surface area contributed by atoms with Gasteiger partial charge in [-0.05, 0) is 81.0 Å². The highest BCUT2D eigenvalue weighted by molar-refractivity contribution is 5.92. The van der Waals surface area contributed by atoms with Crippen LogP contribution in [-0.2, 0) is 4.79 Å². The van der Waals surface area contributed by atoms with Crippen LogP contribution in [0.25, 0.3) is 17.0 Å². The fraction of sp³-hybridized carbons (Fsp3) is 0.484. The number of halogens is 1. The molecule has 1 aliphatic heterocycles. The van der Waals surface area contributed by atoms with E-state index < -0.39 is 0 Å². The molecule has 5 rings (SSSR count). The maximum atomic E-state index is 13.6. The number of fused-ring (bicyclic) bond motifs is 1. The van der Waals surface area contributed by atoms with Crippen LogP contribution in [0.1, 0.15) is 55.7 Å². The number of nitrogens with one attached hydrogen (secondary N) is 2. The number of para-hydroxylation sites is 1. The van der Waals surface area contributed by atoms with Gasteiger partial charge in [-0.25, -0.2) is 4.39 Å². The molecule has 0 radical (unpaired) electrons. The number of benzene rings is 2. The van der Waals surface area contributed by atoms with Crippen molar-refractivity contribution in [1.29, 1.82) is 0 Å². The second-order valence-corrected chi connectivity index (χ2v) is 10.8. The number of hydrogen-bond acceptors (Lipinski definition) is 5. The number of piperidine rings is 1. The molecule has 2 heterocycles. The largest absolute Gasteiger partial charge is 0.493 e. The standard InChI is InChI=1S/C31H39FN4O3/c1-38-28-9-5-8-22(31(28)39-2)10-13-29(37)33-19-23-6-3-4-7-24(23)20-36-16-14-21(15-17-36)30-26-12-11-25(32)18-27(26)34-35-30/h5,8-13,18,21,23-24H,3-4,6-7,14-17,19-20H2,1-2H3,(H,33,37)(H,34,35)/b13-10+/t23-,24-/m0/s1. The molecule has 2 fully saturated rings. The Morgan fingerprint density at radius 2 is 1.90 bits per heavy atom. The number of likely N-dealkylation sites (tertiary alicyclic amines) is 1. The topological polar surface area (TPSA) is 79.5 Å². The van der Waals surface area contributed by atoms with Crippen molar-refractivity contribution in [3.05, 3.63) is 59.5 Å². The van der Waals surface area contributed by atoms with Crippen molar-refractivity contribution in [1.82, 2.24) is 20.4 Å². The van der Waals surface area contributed by atoms with E-state index in [1.807, 2.05) is 24.3 Å². The van der Waals surface area contributed by atoms with Crippen LogP contribution >= 0.6 is 0 Å². The zero-order valence-corrected chi connectivity index (χ0v) is 22.9. The Bertz CT molecular complexity index is 1300. The number of aromatic amines is 1. The predicted molar refractivity (Wildman–Crippen MR) is 152 cm³/mol. The summed E-state index contributed by atoms with van der Waals surface area (Å²) in [4.78, 5) is 15.2. The van der Waals surface area contributed by atoms with Gasteiger partial charge < -0.3 is 19.7 Å². The van der Waals surface area contributed by atoms with E-state index in [1.54, 1.807) is 26.4 Å². The SMILES string of the molecule is COc1cccc(/C=C/C(=O)NC[C@@H]2CCCC[C@H]2CN2CCC(c3n[nH]c4cc(F)ccc34)CC2)c1OC. The lowest BCUT2D eigenvalue weighted by Crippen LogP contribution is -2.42. The molecule has 1 saturated carbocycles. The summed E-state index contributed by atoms with van der Waals surface area (Å²) in [6.45, 7) is 3.87. The molecule has 1 aromatic heterocycles. The lowest BCUT2D eigenvalue weighted by Gasteiger charge is -2.38. The molecular formula is C31H39FN4O3. The fourth-order valence-corrected chi connectivity index (χ4v) is 6.34. The smallest absolute Gasteiger partial charge is 0.244 e. The lowest BCUT2D eigenvalue weighted by atomic mass is 9.78. The van der Waals surface area contributed by atoms with E-state index in [1.165, 1.54) is 31.4 Å². The van der Waals surface area contributed by atoms with Crippen LogP contribution in [-0.4, -0.2) is 61.4 Å². The molecule has 2 aliphatic rings. The van der Waals surface area contributed by atoms with Gasteiger partial charge in [-0.2, -0.15) is 5.10 Å². The Balaban J connectivity index is 1.12. The summed E-state index contributed by atoms with van der Waals surface area (Å²) < 4.78 is 24.4. The normalized spacial score (nSPS) is 20.9. The highest BCUT2D eigenvalue weighted by Gasteiger charge is 2.30. The summed E-state index contributed by atoms with van der Waals surface area (Å²) >= 11 is 0. The van der Waals surface area contributed by atoms with E-state index in [0.717, 1.165) is 61.1 Å². The number of rotatable bonds is 9. The van der Waals surface area contributed by atoms with E-state index in [9.17, 15) is 9.18 Å². The molecule has 0 spiro atoms. The van der Waals surface area contributed by atoms with Crippen LogP contribution in [0, 0.1) is 17.7 Å². The van der Waals surface area contributed by atoms with Gasteiger partial charge in [0.15, 0.2) is 11.5 Å². The molecule has 1 aliphatic carbocycles. The zero-order chi connectivity index (χ0) is 27.2. The number of aromatic nitrogens is 2. The number of carbonyl (C=O) groups is 1. The molecular weight excluding hydrogens is 495 g/mol. The van der Waals surface area contributed by atoms with Crippen molar-refractivity contribution in [3.63, 3.8) is 0 Å². The minimum Gasteiger partial charge on any atom is -0.493 e. The minimum absolute atomic E-state index is 0.0869. The summed E-state index contributed by atoms with van der Waals surface area (Å²) in [6.07, 6.45) is 10.3. The first-order valence-electron chi connectivity index (χ1n) is 14.1. The van der Waals surface area contributed by atoms with E-state index in [-0.39, 0.29) is 11.7 Å². The number of ether oxygens (including phenoxy) is 2. The van der Waals surface area contributed by atoms with E-state index in [4.69, 9.17) is 9.47 Å². The van der Waals surface area contributed by atoms with Crippen molar-refractivity contribution < 1.29 is 18.7 Å². The number of methoxy groups -OCH3 is 2. The molecule has 1 saturated heterocycles. The summed E-state index contributed by atoms with van der Waals surface area (Å²) in [5, 5.41) is 11.7. The summed E-state index contributed by atoms with van der Waals surface area (Å²) in [6, 6.07) is 10.5. The summed E-state index contributed by atoms with van der Waals surface area (Å²) in [5.41, 5.74) is 2.65. The molecule has 2 atom stereocenters. The number of hydrogen-bond donors (Lipinski definition) is 2. The van der Waals surface area contributed by atoms with Crippen molar-refractivity contribution in [3.8, 4) is 11.5 Å². The minimum atomic E-state index is -0.237. The monoisotopic (exact) mass is 534 g/mol. The van der Waals surface area contributed by atoms with Crippen molar-refractivity contribution in [2.45, 2.75) is 44.4 Å². The third-order valence-electron chi connectivity index (χ3n) is 8.47. The fourth-order valence-electron chi connectivity index (χ4n) is 6.34. The average molecular weight is 535 g/mol. The average Bonchev–Trinajstić information content (AvgIpc) is 3.38. The zero-order valence-electron chi connectivity index (χ0n) is 22.9.